The summed E-state index contributed by atoms with van der Waals surface area (Å²) >= 11 is 0. The van der Waals surface area contributed by atoms with Gasteiger partial charge in [-0.1, -0.05) is 13.8 Å². The minimum absolute atomic E-state index is 0.147. The molecule has 0 saturated carbocycles. The van der Waals surface area contributed by atoms with E-state index in [0.717, 1.165) is 0 Å². The Balaban J connectivity index is 3.33. The van der Waals surface area contributed by atoms with Crippen LogP contribution in [0.5, 0.6) is 0 Å². The van der Waals surface area contributed by atoms with Crippen LogP contribution in [0.15, 0.2) is 17.0 Å². The number of nitrogens with zero attached hydrogens (tertiary/aromatic N) is 1. The van der Waals surface area contributed by atoms with Crippen LogP contribution < -0.4 is 0 Å². The molecule has 0 aliphatic heterocycles. The van der Waals surface area contributed by atoms with E-state index in [1.54, 1.807) is 6.92 Å². The van der Waals surface area contributed by atoms with E-state index in [9.17, 15) is 22.0 Å². The predicted molar refractivity (Wildman–Crippen MR) is 75.8 cm³/mol. The Hall–Kier alpha value is -1.21. The standard InChI is InChI=1S/C13H16ClF2NO3S/c1-4-17(7-8(2)3)13(18)9-5-12(21(14,19)20)11(16)6-10(9)15/h5-6,8H,4,7H2,1-3H3. The van der Waals surface area contributed by atoms with E-state index in [0.29, 0.717) is 25.2 Å². The highest BCUT2D eigenvalue weighted by molar-refractivity contribution is 8.13. The first-order chi connectivity index (χ1) is 9.57. The minimum atomic E-state index is -4.40. The van der Waals surface area contributed by atoms with Crippen molar-refractivity contribution >= 4 is 25.6 Å². The lowest BCUT2D eigenvalue weighted by Gasteiger charge is -2.23. The van der Waals surface area contributed by atoms with Gasteiger partial charge < -0.3 is 4.90 Å². The fraction of sp³-hybridized carbons (Fsp3) is 0.462. The van der Waals surface area contributed by atoms with E-state index in [2.05, 4.69) is 0 Å². The van der Waals surface area contributed by atoms with Crippen molar-refractivity contribution in [3.8, 4) is 0 Å². The Morgan fingerprint density at radius 3 is 2.29 bits per heavy atom. The number of hydrogen-bond donors (Lipinski definition) is 0. The smallest absolute Gasteiger partial charge is 0.264 e. The van der Waals surface area contributed by atoms with Gasteiger partial charge in [-0.2, -0.15) is 0 Å². The fourth-order valence-corrected chi connectivity index (χ4v) is 2.75. The van der Waals surface area contributed by atoms with Gasteiger partial charge in [0, 0.05) is 29.8 Å². The van der Waals surface area contributed by atoms with Crippen LogP contribution in [0.25, 0.3) is 0 Å². The van der Waals surface area contributed by atoms with Gasteiger partial charge in [0.05, 0.1) is 5.56 Å². The summed E-state index contributed by atoms with van der Waals surface area (Å²) < 4.78 is 49.7. The summed E-state index contributed by atoms with van der Waals surface area (Å²) in [6, 6.07) is 0.990. The summed E-state index contributed by atoms with van der Waals surface area (Å²) in [5.41, 5.74) is -0.516. The van der Waals surface area contributed by atoms with Crippen LogP contribution in [-0.2, 0) is 9.05 Å². The number of amides is 1. The summed E-state index contributed by atoms with van der Waals surface area (Å²) in [4.78, 5) is 12.7. The molecule has 0 fully saturated rings. The molecule has 1 amide bonds. The van der Waals surface area contributed by atoms with E-state index in [4.69, 9.17) is 10.7 Å². The molecular formula is C13H16ClF2NO3S. The second-order valence-electron chi connectivity index (χ2n) is 4.94. The molecule has 118 valence electrons. The summed E-state index contributed by atoms with van der Waals surface area (Å²) in [5.74, 6) is -3.01. The molecule has 0 aliphatic carbocycles. The third kappa shape index (κ3) is 4.38. The molecule has 0 radical (unpaired) electrons. The Bertz CT molecular complexity index is 647. The Labute approximate surface area is 127 Å². The van der Waals surface area contributed by atoms with Gasteiger partial charge in [0.25, 0.3) is 15.0 Å². The van der Waals surface area contributed by atoms with Crippen molar-refractivity contribution in [1.29, 1.82) is 0 Å². The molecule has 21 heavy (non-hydrogen) atoms. The predicted octanol–water partition coefficient (Wildman–Crippen LogP) is 3.01. The average Bonchev–Trinajstić information content (AvgIpc) is 2.33. The normalized spacial score (nSPS) is 11.8. The van der Waals surface area contributed by atoms with Crippen LogP contribution in [0.4, 0.5) is 8.78 Å². The zero-order valence-electron chi connectivity index (χ0n) is 11.9. The highest BCUT2D eigenvalue weighted by atomic mass is 35.7. The van der Waals surface area contributed by atoms with Crippen LogP contribution in [-0.4, -0.2) is 32.3 Å². The van der Waals surface area contributed by atoms with Crippen molar-refractivity contribution in [3.05, 3.63) is 29.3 Å². The largest absolute Gasteiger partial charge is 0.339 e. The Kier molecular flexibility index (Phi) is 5.69. The number of benzene rings is 1. The lowest BCUT2D eigenvalue weighted by atomic mass is 10.1. The lowest BCUT2D eigenvalue weighted by molar-refractivity contribution is 0.0740. The summed E-state index contributed by atoms with van der Waals surface area (Å²) in [6.45, 7) is 6.16. The van der Waals surface area contributed by atoms with Crippen LogP contribution in [0, 0.1) is 17.6 Å². The van der Waals surface area contributed by atoms with Gasteiger partial charge in [0.15, 0.2) is 0 Å². The molecule has 0 heterocycles. The fourth-order valence-electron chi connectivity index (χ4n) is 1.85. The molecule has 0 aliphatic rings. The van der Waals surface area contributed by atoms with Gasteiger partial charge in [0.1, 0.15) is 16.5 Å². The van der Waals surface area contributed by atoms with E-state index in [-0.39, 0.29) is 5.92 Å². The van der Waals surface area contributed by atoms with Gasteiger partial charge in [-0.3, -0.25) is 4.79 Å². The monoisotopic (exact) mass is 339 g/mol. The van der Waals surface area contributed by atoms with Gasteiger partial charge in [-0.25, -0.2) is 17.2 Å². The van der Waals surface area contributed by atoms with Crippen LogP contribution in [0.2, 0.25) is 0 Å². The van der Waals surface area contributed by atoms with Crippen LogP contribution >= 0.6 is 10.7 Å². The summed E-state index contributed by atoms with van der Waals surface area (Å²) in [7, 11) is 0.674. The molecule has 1 aromatic rings. The number of hydrogen-bond acceptors (Lipinski definition) is 3. The van der Waals surface area contributed by atoms with Crippen LogP contribution in [0.3, 0.4) is 0 Å². The van der Waals surface area contributed by atoms with Gasteiger partial charge >= 0.3 is 0 Å². The Morgan fingerprint density at radius 1 is 1.29 bits per heavy atom. The van der Waals surface area contributed by atoms with Gasteiger partial charge in [-0.15, -0.1) is 0 Å². The molecule has 0 atom stereocenters. The van der Waals surface area contributed by atoms with E-state index < -0.39 is 37.1 Å². The van der Waals surface area contributed by atoms with Crippen molar-refractivity contribution in [1.82, 2.24) is 4.90 Å². The first kappa shape index (κ1) is 17.8. The molecule has 0 bridgehead atoms. The molecule has 1 aromatic carbocycles. The minimum Gasteiger partial charge on any atom is -0.339 e. The van der Waals surface area contributed by atoms with Gasteiger partial charge in [0.2, 0.25) is 0 Å². The molecule has 0 unspecified atom stereocenters. The molecule has 0 saturated heterocycles. The highest BCUT2D eigenvalue weighted by Gasteiger charge is 2.25. The maximum atomic E-state index is 13.8. The maximum absolute atomic E-state index is 13.8. The maximum Gasteiger partial charge on any atom is 0.264 e. The number of halogens is 3. The molecule has 0 N–H and O–H groups in total. The van der Waals surface area contributed by atoms with E-state index >= 15 is 0 Å². The molecule has 0 aromatic heterocycles. The van der Waals surface area contributed by atoms with Gasteiger partial charge in [-0.05, 0) is 18.9 Å². The zero-order valence-corrected chi connectivity index (χ0v) is 13.4. The highest BCUT2D eigenvalue weighted by Crippen LogP contribution is 2.23. The van der Waals surface area contributed by atoms with Crippen molar-refractivity contribution in [2.24, 2.45) is 5.92 Å². The molecular weight excluding hydrogens is 324 g/mol. The number of rotatable bonds is 5. The SMILES string of the molecule is CCN(CC(C)C)C(=O)c1cc(S(=O)(=O)Cl)c(F)cc1F. The van der Waals surface area contributed by atoms with Crippen LogP contribution in [0.1, 0.15) is 31.1 Å². The molecule has 1 rings (SSSR count). The second-order valence-corrected chi connectivity index (χ2v) is 7.47. The second kappa shape index (κ2) is 6.70. The third-order valence-corrected chi connectivity index (χ3v) is 4.11. The quantitative estimate of drug-likeness (QED) is 0.775. The average molecular weight is 340 g/mol. The molecule has 0 spiro atoms. The van der Waals surface area contributed by atoms with Crippen molar-refractivity contribution in [2.45, 2.75) is 25.7 Å². The first-order valence-corrected chi connectivity index (χ1v) is 8.61. The summed E-state index contributed by atoms with van der Waals surface area (Å²) in [6.07, 6.45) is 0. The molecule has 4 nitrogen and oxygen atoms in total. The van der Waals surface area contributed by atoms with E-state index in [1.807, 2.05) is 13.8 Å². The molecule has 8 heteroatoms. The lowest BCUT2D eigenvalue weighted by Crippen LogP contribution is -2.34. The number of carbonyl (C=O) groups is 1. The van der Waals surface area contributed by atoms with Crippen molar-refractivity contribution < 1.29 is 22.0 Å². The number of carbonyl (C=O) groups excluding carboxylic acids is 1. The topological polar surface area (TPSA) is 54.5 Å². The third-order valence-electron chi connectivity index (χ3n) is 2.77. The first-order valence-electron chi connectivity index (χ1n) is 6.30. The van der Waals surface area contributed by atoms with Crippen molar-refractivity contribution in [3.63, 3.8) is 0 Å². The van der Waals surface area contributed by atoms with Crippen molar-refractivity contribution in [2.75, 3.05) is 13.1 Å². The Morgan fingerprint density at radius 2 is 1.86 bits per heavy atom. The van der Waals surface area contributed by atoms with E-state index in [1.165, 1.54) is 4.90 Å². The zero-order chi connectivity index (χ0) is 16.4. The summed E-state index contributed by atoms with van der Waals surface area (Å²) in [5, 5.41) is 0.